The summed E-state index contributed by atoms with van der Waals surface area (Å²) < 4.78 is 0. The van der Waals surface area contributed by atoms with Crippen molar-refractivity contribution < 1.29 is 4.79 Å². The maximum absolute atomic E-state index is 12.5. The van der Waals surface area contributed by atoms with Crippen molar-refractivity contribution in [1.82, 2.24) is 5.32 Å². The smallest absolute Gasteiger partial charge is 0.252 e. The quantitative estimate of drug-likeness (QED) is 0.906. The Kier molecular flexibility index (Phi) is 4.43. The van der Waals surface area contributed by atoms with E-state index in [2.05, 4.69) is 11.4 Å². The third-order valence-corrected chi connectivity index (χ3v) is 3.69. The Bertz CT molecular complexity index is 617. The van der Waals surface area contributed by atoms with Crippen molar-refractivity contribution in [2.45, 2.75) is 26.3 Å². The van der Waals surface area contributed by atoms with Crippen LogP contribution in [-0.2, 0) is 5.54 Å². The van der Waals surface area contributed by atoms with Gasteiger partial charge >= 0.3 is 0 Å². The third kappa shape index (κ3) is 3.50. The Labute approximate surface area is 126 Å². The number of amides is 1. The minimum Gasteiger partial charge on any atom is -0.342 e. The highest BCUT2D eigenvalue weighted by Gasteiger charge is 2.27. The van der Waals surface area contributed by atoms with Crippen LogP contribution >= 0.6 is 0 Å². The average Bonchev–Trinajstić information content (AvgIpc) is 2.47. The molecule has 0 aromatic heterocycles. The van der Waals surface area contributed by atoms with E-state index in [4.69, 9.17) is 5.73 Å². The van der Waals surface area contributed by atoms with Crippen LogP contribution in [0.4, 0.5) is 0 Å². The molecular weight excluding hydrogens is 260 g/mol. The summed E-state index contributed by atoms with van der Waals surface area (Å²) in [5.41, 5.74) is 9.17. The zero-order valence-corrected chi connectivity index (χ0v) is 12.8. The zero-order chi connectivity index (χ0) is 15.5. The Hall–Kier alpha value is -2.13. The molecule has 0 heterocycles. The first-order valence-corrected chi connectivity index (χ1v) is 7.11. The molecule has 3 N–H and O–H groups in total. The second-order valence-corrected chi connectivity index (χ2v) is 5.73. The summed E-state index contributed by atoms with van der Waals surface area (Å²) in [6.07, 6.45) is 0. The SMILES string of the molecule is Cc1cc(C)cc(C(=O)NC(C)(CN)c2ccccc2)c1. The van der Waals surface area contributed by atoms with Crippen molar-refractivity contribution in [3.63, 3.8) is 0 Å². The molecule has 110 valence electrons. The lowest BCUT2D eigenvalue weighted by Gasteiger charge is -2.30. The first-order chi connectivity index (χ1) is 9.94. The van der Waals surface area contributed by atoms with Gasteiger partial charge in [0.25, 0.3) is 5.91 Å². The summed E-state index contributed by atoms with van der Waals surface area (Å²) in [6.45, 7) is 6.27. The van der Waals surface area contributed by atoms with Gasteiger partial charge in [-0.1, -0.05) is 47.5 Å². The van der Waals surface area contributed by atoms with E-state index in [9.17, 15) is 4.79 Å². The normalized spacial score (nSPS) is 13.5. The first-order valence-electron chi connectivity index (χ1n) is 7.11. The number of nitrogens with one attached hydrogen (secondary N) is 1. The standard InChI is InChI=1S/C18H22N2O/c1-13-9-14(2)11-15(10-13)17(21)20-18(3,12-19)16-7-5-4-6-8-16/h4-11H,12,19H2,1-3H3,(H,20,21). The lowest BCUT2D eigenvalue weighted by Crippen LogP contribution is -2.48. The van der Waals surface area contributed by atoms with E-state index < -0.39 is 5.54 Å². The van der Waals surface area contributed by atoms with Crippen LogP contribution in [-0.4, -0.2) is 12.5 Å². The lowest BCUT2D eigenvalue weighted by atomic mass is 9.91. The molecule has 2 aromatic rings. The summed E-state index contributed by atoms with van der Waals surface area (Å²) >= 11 is 0. The van der Waals surface area contributed by atoms with Gasteiger partial charge in [0, 0.05) is 12.1 Å². The van der Waals surface area contributed by atoms with E-state index in [1.165, 1.54) is 0 Å². The van der Waals surface area contributed by atoms with Crippen molar-refractivity contribution in [3.8, 4) is 0 Å². The molecular formula is C18H22N2O. The highest BCUT2D eigenvalue weighted by Crippen LogP contribution is 2.20. The Morgan fingerprint density at radius 3 is 2.19 bits per heavy atom. The zero-order valence-electron chi connectivity index (χ0n) is 12.8. The van der Waals surface area contributed by atoms with Gasteiger partial charge < -0.3 is 11.1 Å². The van der Waals surface area contributed by atoms with Crippen molar-refractivity contribution in [2.75, 3.05) is 6.54 Å². The number of carbonyl (C=O) groups is 1. The van der Waals surface area contributed by atoms with Gasteiger partial charge in [-0.3, -0.25) is 4.79 Å². The van der Waals surface area contributed by atoms with Crippen molar-refractivity contribution in [1.29, 1.82) is 0 Å². The van der Waals surface area contributed by atoms with E-state index in [0.717, 1.165) is 16.7 Å². The molecule has 21 heavy (non-hydrogen) atoms. The fourth-order valence-corrected chi connectivity index (χ4v) is 2.48. The van der Waals surface area contributed by atoms with E-state index >= 15 is 0 Å². The molecule has 0 saturated carbocycles. The third-order valence-electron chi connectivity index (χ3n) is 3.69. The highest BCUT2D eigenvalue weighted by molar-refractivity contribution is 5.95. The van der Waals surface area contributed by atoms with Crippen LogP contribution < -0.4 is 11.1 Å². The predicted molar refractivity (Wildman–Crippen MR) is 86.2 cm³/mol. The molecule has 1 amide bonds. The molecule has 3 heteroatoms. The number of carbonyl (C=O) groups excluding carboxylic acids is 1. The van der Waals surface area contributed by atoms with Gasteiger partial charge in [-0.2, -0.15) is 0 Å². The number of benzene rings is 2. The number of rotatable bonds is 4. The maximum atomic E-state index is 12.5. The van der Waals surface area contributed by atoms with Crippen LogP contribution in [0.25, 0.3) is 0 Å². The number of aryl methyl sites for hydroxylation is 2. The summed E-state index contributed by atoms with van der Waals surface area (Å²) in [6, 6.07) is 15.7. The molecule has 0 aliphatic carbocycles. The molecule has 3 nitrogen and oxygen atoms in total. The van der Waals surface area contributed by atoms with Gasteiger partial charge in [-0.15, -0.1) is 0 Å². The molecule has 0 spiro atoms. The van der Waals surface area contributed by atoms with Crippen LogP contribution in [0, 0.1) is 13.8 Å². The monoisotopic (exact) mass is 282 g/mol. The summed E-state index contributed by atoms with van der Waals surface area (Å²) in [4.78, 5) is 12.5. The molecule has 1 atom stereocenters. The number of hydrogen-bond acceptors (Lipinski definition) is 2. The highest BCUT2D eigenvalue weighted by atomic mass is 16.1. The van der Waals surface area contributed by atoms with Gasteiger partial charge in [0.15, 0.2) is 0 Å². The molecule has 2 rings (SSSR count). The van der Waals surface area contributed by atoms with Crippen LogP contribution in [0.3, 0.4) is 0 Å². The fourth-order valence-electron chi connectivity index (χ4n) is 2.48. The molecule has 0 saturated heterocycles. The van der Waals surface area contributed by atoms with Crippen LogP contribution in [0.5, 0.6) is 0 Å². The van der Waals surface area contributed by atoms with E-state index in [1.807, 2.05) is 63.2 Å². The second-order valence-electron chi connectivity index (χ2n) is 5.73. The van der Waals surface area contributed by atoms with E-state index in [-0.39, 0.29) is 5.91 Å². The summed E-state index contributed by atoms with van der Waals surface area (Å²) in [5.74, 6) is -0.0985. The molecule has 1 unspecified atom stereocenters. The fraction of sp³-hybridized carbons (Fsp3) is 0.278. The van der Waals surface area contributed by atoms with Gasteiger partial charge in [-0.05, 0) is 38.5 Å². The van der Waals surface area contributed by atoms with Crippen molar-refractivity contribution >= 4 is 5.91 Å². The topological polar surface area (TPSA) is 55.1 Å². The number of nitrogens with two attached hydrogens (primary N) is 1. The summed E-state index contributed by atoms with van der Waals surface area (Å²) in [7, 11) is 0. The minimum atomic E-state index is -0.573. The maximum Gasteiger partial charge on any atom is 0.252 e. The molecule has 2 aromatic carbocycles. The van der Waals surface area contributed by atoms with Crippen LogP contribution in [0.15, 0.2) is 48.5 Å². The Balaban J connectivity index is 2.28. The van der Waals surface area contributed by atoms with E-state index in [1.54, 1.807) is 0 Å². The lowest BCUT2D eigenvalue weighted by molar-refractivity contribution is 0.0907. The Morgan fingerprint density at radius 1 is 1.10 bits per heavy atom. The van der Waals surface area contributed by atoms with Crippen LogP contribution in [0.2, 0.25) is 0 Å². The van der Waals surface area contributed by atoms with E-state index in [0.29, 0.717) is 12.1 Å². The molecule has 0 radical (unpaired) electrons. The van der Waals surface area contributed by atoms with Gasteiger partial charge in [0.1, 0.15) is 0 Å². The molecule has 0 aliphatic heterocycles. The second kappa shape index (κ2) is 6.10. The largest absolute Gasteiger partial charge is 0.342 e. The molecule has 0 bridgehead atoms. The number of hydrogen-bond donors (Lipinski definition) is 2. The summed E-state index contributed by atoms with van der Waals surface area (Å²) in [5, 5.41) is 3.07. The molecule has 0 fully saturated rings. The minimum absolute atomic E-state index is 0.0985. The Morgan fingerprint density at radius 2 is 1.67 bits per heavy atom. The van der Waals surface area contributed by atoms with Gasteiger partial charge in [0.2, 0.25) is 0 Å². The molecule has 0 aliphatic rings. The predicted octanol–water partition coefficient (Wildman–Crippen LogP) is 2.91. The van der Waals surface area contributed by atoms with Crippen LogP contribution in [0.1, 0.15) is 34.0 Å². The van der Waals surface area contributed by atoms with Crippen molar-refractivity contribution in [3.05, 3.63) is 70.8 Å². The van der Waals surface area contributed by atoms with Gasteiger partial charge in [0.05, 0.1) is 5.54 Å². The first kappa shape index (κ1) is 15.3. The average molecular weight is 282 g/mol. The van der Waals surface area contributed by atoms with Gasteiger partial charge in [-0.25, -0.2) is 0 Å². The van der Waals surface area contributed by atoms with Crippen molar-refractivity contribution in [2.24, 2.45) is 5.73 Å².